The summed E-state index contributed by atoms with van der Waals surface area (Å²) in [5.41, 5.74) is 6.26. The van der Waals surface area contributed by atoms with E-state index in [9.17, 15) is 4.79 Å². The number of aromatic nitrogens is 4. The monoisotopic (exact) mass is 432 g/mol. The largest absolute Gasteiger partial charge is 0.322 e. The summed E-state index contributed by atoms with van der Waals surface area (Å²) in [5.74, 6) is 0.559. The van der Waals surface area contributed by atoms with E-state index in [2.05, 4.69) is 64.9 Å². The van der Waals surface area contributed by atoms with Gasteiger partial charge in [-0.2, -0.15) is 5.21 Å². The summed E-state index contributed by atoms with van der Waals surface area (Å²) in [6.45, 7) is 6.74. The van der Waals surface area contributed by atoms with E-state index < -0.39 is 0 Å². The van der Waals surface area contributed by atoms with Gasteiger partial charge in [-0.1, -0.05) is 61.6 Å². The van der Waals surface area contributed by atoms with E-state index in [1.807, 2.05) is 23.1 Å². The van der Waals surface area contributed by atoms with Crippen LogP contribution in [0, 0.1) is 20.8 Å². The molecule has 1 fully saturated rings. The third-order valence-electron chi connectivity index (χ3n) is 6.32. The molecular formula is C25H32N6O. The van der Waals surface area contributed by atoms with E-state index in [4.69, 9.17) is 0 Å². The van der Waals surface area contributed by atoms with Crippen molar-refractivity contribution in [3.05, 3.63) is 58.7 Å². The van der Waals surface area contributed by atoms with Crippen LogP contribution < -0.4 is 5.32 Å². The molecule has 0 unspecified atom stereocenters. The van der Waals surface area contributed by atoms with Gasteiger partial charge in [0.15, 0.2) is 0 Å². The molecule has 7 heteroatoms. The predicted octanol–water partition coefficient (Wildman–Crippen LogP) is 5.55. The zero-order valence-corrected chi connectivity index (χ0v) is 19.2. The van der Waals surface area contributed by atoms with Gasteiger partial charge >= 0.3 is 6.03 Å². The van der Waals surface area contributed by atoms with Crippen LogP contribution in [-0.2, 0) is 6.54 Å². The Bertz CT molecular complexity index is 1030. The number of urea groups is 1. The van der Waals surface area contributed by atoms with Crippen LogP contribution in [0.1, 0.15) is 60.8 Å². The number of amides is 2. The van der Waals surface area contributed by atoms with E-state index >= 15 is 0 Å². The highest BCUT2D eigenvalue weighted by molar-refractivity contribution is 5.91. The van der Waals surface area contributed by atoms with Crippen molar-refractivity contribution >= 4 is 11.7 Å². The molecule has 1 heterocycles. The Morgan fingerprint density at radius 1 is 1.06 bits per heavy atom. The first-order valence-electron chi connectivity index (χ1n) is 11.5. The van der Waals surface area contributed by atoms with E-state index in [0.717, 1.165) is 40.8 Å². The van der Waals surface area contributed by atoms with Gasteiger partial charge < -0.3 is 10.2 Å². The van der Waals surface area contributed by atoms with Crippen molar-refractivity contribution in [2.45, 2.75) is 71.9 Å². The minimum absolute atomic E-state index is 0.0306. The number of nitrogens with zero attached hydrogens (tertiary/aromatic N) is 4. The lowest BCUT2D eigenvalue weighted by atomic mass is 10.0. The normalized spacial score (nSPS) is 14.7. The molecular weight excluding hydrogens is 400 g/mol. The SMILES string of the molecule is Cc1cc(C)c(NC(=O)N(Cc2cccc(-c3nn[nH]n3)c2)C2CCCCCC2)c(C)c1. The van der Waals surface area contributed by atoms with E-state index in [1.54, 1.807) is 0 Å². The Hall–Kier alpha value is -3.22. The summed E-state index contributed by atoms with van der Waals surface area (Å²) in [5, 5.41) is 17.6. The first-order chi connectivity index (χ1) is 15.5. The van der Waals surface area contributed by atoms with Gasteiger partial charge in [-0.3, -0.25) is 0 Å². The van der Waals surface area contributed by atoms with Crippen LogP contribution in [0.25, 0.3) is 11.4 Å². The molecule has 2 N–H and O–H groups in total. The Morgan fingerprint density at radius 2 is 1.78 bits per heavy atom. The predicted molar refractivity (Wildman–Crippen MR) is 126 cm³/mol. The summed E-state index contributed by atoms with van der Waals surface area (Å²) >= 11 is 0. The number of anilines is 1. The zero-order valence-electron chi connectivity index (χ0n) is 19.2. The summed E-state index contributed by atoms with van der Waals surface area (Å²) in [6, 6.07) is 12.5. The molecule has 7 nitrogen and oxygen atoms in total. The molecule has 0 saturated heterocycles. The van der Waals surface area contributed by atoms with Crippen LogP contribution in [0.15, 0.2) is 36.4 Å². The molecule has 1 saturated carbocycles. The number of aromatic amines is 1. The summed E-state index contributed by atoms with van der Waals surface area (Å²) in [4.78, 5) is 15.6. The van der Waals surface area contributed by atoms with Crippen molar-refractivity contribution in [2.75, 3.05) is 5.32 Å². The maximum absolute atomic E-state index is 13.6. The maximum Gasteiger partial charge on any atom is 0.322 e. The molecule has 1 aromatic heterocycles. The van der Waals surface area contributed by atoms with Crippen LogP contribution in [0.5, 0.6) is 0 Å². The first kappa shape index (κ1) is 22.0. The van der Waals surface area contributed by atoms with Crippen molar-refractivity contribution in [3.8, 4) is 11.4 Å². The van der Waals surface area contributed by atoms with Crippen molar-refractivity contribution < 1.29 is 4.79 Å². The van der Waals surface area contributed by atoms with Crippen LogP contribution in [0.4, 0.5) is 10.5 Å². The molecule has 1 aliphatic rings. The lowest BCUT2D eigenvalue weighted by Gasteiger charge is -2.32. The minimum Gasteiger partial charge on any atom is -0.317 e. The van der Waals surface area contributed by atoms with Gasteiger partial charge in [0, 0.05) is 23.8 Å². The van der Waals surface area contributed by atoms with Crippen LogP contribution in [0.3, 0.4) is 0 Å². The third-order valence-corrected chi connectivity index (χ3v) is 6.32. The van der Waals surface area contributed by atoms with Crippen LogP contribution in [0.2, 0.25) is 0 Å². The Balaban J connectivity index is 1.60. The number of nitrogens with one attached hydrogen (secondary N) is 2. The summed E-state index contributed by atoms with van der Waals surface area (Å²) < 4.78 is 0. The van der Waals surface area contributed by atoms with Gasteiger partial charge in [0.05, 0.1) is 0 Å². The number of H-pyrrole nitrogens is 1. The third kappa shape index (κ3) is 5.15. The number of carbonyl (C=O) groups excluding carboxylic acids is 1. The van der Waals surface area contributed by atoms with Crippen molar-refractivity contribution in [2.24, 2.45) is 0 Å². The quantitative estimate of drug-likeness (QED) is 0.518. The molecule has 32 heavy (non-hydrogen) atoms. The number of benzene rings is 2. The van der Waals surface area contributed by atoms with Gasteiger partial charge in [0.25, 0.3) is 0 Å². The van der Waals surface area contributed by atoms with Gasteiger partial charge in [-0.05, 0) is 61.6 Å². The topological polar surface area (TPSA) is 86.8 Å². The van der Waals surface area contributed by atoms with Gasteiger partial charge in [-0.15, -0.1) is 10.2 Å². The smallest absolute Gasteiger partial charge is 0.317 e. The fraction of sp³-hybridized carbons (Fsp3) is 0.440. The molecule has 0 radical (unpaired) electrons. The van der Waals surface area contributed by atoms with Crippen LogP contribution >= 0.6 is 0 Å². The van der Waals surface area contributed by atoms with E-state index in [0.29, 0.717) is 12.4 Å². The lowest BCUT2D eigenvalue weighted by molar-refractivity contribution is 0.175. The number of rotatable bonds is 5. The standard InChI is InChI=1S/C25H32N6O/c1-17-13-18(2)23(19(3)14-17)26-25(32)31(22-11-6-4-5-7-12-22)16-20-9-8-10-21(15-20)24-27-29-30-28-24/h8-10,13-15,22H,4-7,11-12,16H2,1-3H3,(H,26,32)(H,27,28,29,30). The number of hydrogen-bond acceptors (Lipinski definition) is 4. The highest BCUT2D eigenvalue weighted by Gasteiger charge is 2.26. The molecule has 0 aliphatic heterocycles. The Labute approximate surface area is 189 Å². The summed E-state index contributed by atoms with van der Waals surface area (Å²) in [6.07, 6.45) is 6.92. The number of hydrogen-bond donors (Lipinski definition) is 2. The molecule has 2 aromatic carbocycles. The number of carbonyl (C=O) groups is 1. The average molecular weight is 433 g/mol. The highest BCUT2D eigenvalue weighted by atomic mass is 16.2. The van der Waals surface area contributed by atoms with E-state index in [-0.39, 0.29) is 12.1 Å². The number of aryl methyl sites for hydroxylation is 3. The zero-order chi connectivity index (χ0) is 22.5. The molecule has 168 valence electrons. The fourth-order valence-corrected chi connectivity index (χ4v) is 4.78. The van der Waals surface area contributed by atoms with Gasteiger partial charge in [0.2, 0.25) is 5.82 Å². The van der Waals surface area contributed by atoms with E-state index in [1.165, 1.54) is 31.2 Å². The van der Waals surface area contributed by atoms with Crippen molar-refractivity contribution in [1.29, 1.82) is 0 Å². The Kier molecular flexibility index (Phi) is 6.83. The highest BCUT2D eigenvalue weighted by Crippen LogP contribution is 2.27. The molecule has 1 aliphatic carbocycles. The molecule has 3 aromatic rings. The second kappa shape index (κ2) is 9.94. The second-order valence-electron chi connectivity index (χ2n) is 8.91. The molecule has 4 rings (SSSR count). The first-order valence-corrected chi connectivity index (χ1v) is 11.5. The minimum atomic E-state index is -0.0306. The average Bonchev–Trinajstić information content (AvgIpc) is 3.18. The summed E-state index contributed by atoms with van der Waals surface area (Å²) in [7, 11) is 0. The molecule has 0 bridgehead atoms. The maximum atomic E-state index is 13.6. The van der Waals surface area contributed by atoms with Crippen molar-refractivity contribution in [3.63, 3.8) is 0 Å². The van der Waals surface area contributed by atoms with Gasteiger partial charge in [-0.25, -0.2) is 4.79 Å². The van der Waals surface area contributed by atoms with Crippen LogP contribution in [-0.4, -0.2) is 37.6 Å². The molecule has 0 atom stereocenters. The molecule has 0 spiro atoms. The fourth-order valence-electron chi connectivity index (χ4n) is 4.78. The molecule has 2 amide bonds. The van der Waals surface area contributed by atoms with Gasteiger partial charge in [0.1, 0.15) is 0 Å². The Morgan fingerprint density at radius 3 is 2.44 bits per heavy atom. The number of tetrazole rings is 1. The second-order valence-corrected chi connectivity index (χ2v) is 8.91. The lowest BCUT2D eigenvalue weighted by Crippen LogP contribution is -2.42. The van der Waals surface area contributed by atoms with Crippen molar-refractivity contribution in [1.82, 2.24) is 25.5 Å².